The second kappa shape index (κ2) is 12.6. The number of hydrogen-bond acceptors (Lipinski definition) is 8. The van der Waals surface area contributed by atoms with Crippen LogP contribution in [-0.4, -0.2) is 91.8 Å². The van der Waals surface area contributed by atoms with Gasteiger partial charge in [-0.05, 0) is 56.3 Å². The minimum Gasteiger partial charge on any atom is -0.315 e. The maximum Gasteiger partial charge on any atom is 0.261 e. The van der Waals surface area contributed by atoms with Gasteiger partial charge >= 0.3 is 0 Å². The molecule has 0 bridgehead atoms. The highest BCUT2D eigenvalue weighted by Gasteiger charge is 2.54. The lowest BCUT2D eigenvalue weighted by atomic mass is 9.61. The minimum atomic E-state index is -0.858. The van der Waals surface area contributed by atoms with Crippen molar-refractivity contribution in [1.29, 1.82) is 0 Å². The Morgan fingerprint density at radius 3 is 2.16 bits per heavy atom. The van der Waals surface area contributed by atoms with E-state index in [-0.39, 0.29) is 42.6 Å². The maximum atomic E-state index is 13.8. The van der Waals surface area contributed by atoms with Crippen LogP contribution in [-0.2, 0) is 9.59 Å². The molecule has 4 amide bonds. The van der Waals surface area contributed by atoms with Crippen LogP contribution in [0.25, 0.3) is 22.2 Å². The molecule has 4 aliphatic rings. The highest BCUT2D eigenvalue weighted by molar-refractivity contribution is 6.26. The first kappa shape index (κ1) is 31.5. The number of imide groups is 2. The summed E-state index contributed by atoms with van der Waals surface area (Å²) in [7, 11) is 0. The van der Waals surface area contributed by atoms with Crippen LogP contribution < -0.4 is 10.6 Å². The Morgan fingerprint density at radius 1 is 0.740 bits per heavy atom. The van der Waals surface area contributed by atoms with E-state index < -0.39 is 5.41 Å². The number of benzene rings is 2. The molecule has 2 aromatic heterocycles. The van der Waals surface area contributed by atoms with E-state index in [1.165, 1.54) is 9.80 Å². The first-order chi connectivity index (χ1) is 24.4. The molecule has 12 heteroatoms. The summed E-state index contributed by atoms with van der Waals surface area (Å²) >= 11 is 0. The first-order valence-electron chi connectivity index (χ1n) is 16.9. The van der Waals surface area contributed by atoms with Crippen LogP contribution in [0, 0.1) is 11.3 Å². The van der Waals surface area contributed by atoms with E-state index in [2.05, 4.69) is 20.6 Å². The van der Waals surface area contributed by atoms with E-state index in [9.17, 15) is 19.2 Å². The molecule has 252 valence electrons. The summed E-state index contributed by atoms with van der Waals surface area (Å²) in [6, 6.07) is 9.21. The lowest BCUT2D eigenvalue weighted by Crippen LogP contribution is -2.58. The zero-order valence-corrected chi connectivity index (χ0v) is 27.6. The predicted octanol–water partition coefficient (Wildman–Crippen LogP) is 3.36. The van der Waals surface area contributed by atoms with Crippen molar-refractivity contribution in [3.05, 3.63) is 120 Å². The predicted molar refractivity (Wildman–Crippen MR) is 187 cm³/mol. The zero-order valence-electron chi connectivity index (χ0n) is 27.6. The van der Waals surface area contributed by atoms with Crippen LogP contribution >= 0.6 is 0 Å². The van der Waals surface area contributed by atoms with E-state index in [1.54, 1.807) is 37.2 Å². The second-order valence-electron chi connectivity index (χ2n) is 13.0. The van der Waals surface area contributed by atoms with E-state index in [0.717, 1.165) is 28.8 Å². The molecular formula is C38H36N8O4. The average molecular weight is 669 g/mol. The van der Waals surface area contributed by atoms with Gasteiger partial charge in [0.1, 0.15) is 0 Å². The Labute approximate surface area is 288 Å². The van der Waals surface area contributed by atoms with Crippen LogP contribution in [0.15, 0.2) is 109 Å². The van der Waals surface area contributed by atoms with Gasteiger partial charge in [0.15, 0.2) is 0 Å². The number of amides is 4. The third kappa shape index (κ3) is 5.06. The molecule has 2 aliphatic carbocycles. The van der Waals surface area contributed by atoms with Gasteiger partial charge in [-0.3, -0.25) is 29.0 Å². The van der Waals surface area contributed by atoms with Crippen molar-refractivity contribution in [3.63, 3.8) is 0 Å². The van der Waals surface area contributed by atoms with Gasteiger partial charge in [0, 0.05) is 84.4 Å². The Kier molecular flexibility index (Phi) is 7.96. The Bertz CT molecular complexity index is 2140. The van der Waals surface area contributed by atoms with Crippen LogP contribution in [0.1, 0.15) is 34.1 Å². The highest BCUT2D eigenvalue weighted by atomic mass is 16.2. The van der Waals surface area contributed by atoms with Gasteiger partial charge in [-0.15, -0.1) is 0 Å². The highest BCUT2D eigenvalue weighted by Crippen LogP contribution is 2.51. The fourth-order valence-electron chi connectivity index (χ4n) is 7.65. The summed E-state index contributed by atoms with van der Waals surface area (Å²) in [6.45, 7) is 4.71. The number of likely N-dealkylation sites (tertiary alicyclic amines) is 1. The minimum absolute atomic E-state index is 0.193. The molecule has 1 fully saturated rings. The lowest BCUT2D eigenvalue weighted by molar-refractivity contribution is -0.152. The zero-order chi connectivity index (χ0) is 34.4. The number of carbonyl (C=O) groups excluding carboxylic acids is 4. The standard InChI is InChI=1S/C38H36N8O4/c1-38-12-3-7-26-31(44-20-16-42-24-44)11-9-29(33(26)38)36(49)46(37(38)50)22-18-40-14-4-13-39-17-21-45-34(47)27-6-2-5-25-30(43-19-15-41-23-43)10-8-28(32(25)27)35(45)48/h2-3,5-12,15-16,19-20,23-24,33,39-40H,4,13-14,17-18,21-22H2,1H3. The molecule has 1 saturated heterocycles. The van der Waals surface area contributed by atoms with E-state index in [4.69, 9.17) is 0 Å². The Morgan fingerprint density at radius 2 is 1.44 bits per heavy atom. The van der Waals surface area contributed by atoms with Crippen molar-refractivity contribution in [1.82, 2.24) is 39.5 Å². The first-order valence-corrected chi connectivity index (χ1v) is 16.9. The monoisotopic (exact) mass is 668 g/mol. The number of carbonyl (C=O) groups is 4. The van der Waals surface area contributed by atoms with E-state index >= 15 is 0 Å². The summed E-state index contributed by atoms with van der Waals surface area (Å²) in [5, 5.41) is 8.19. The largest absolute Gasteiger partial charge is 0.315 e. The number of allylic oxidation sites excluding steroid dienone is 6. The molecule has 4 aromatic rings. The maximum absolute atomic E-state index is 13.8. The van der Waals surface area contributed by atoms with Gasteiger partial charge in [-0.2, -0.15) is 0 Å². The number of imidazole rings is 2. The van der Waals surface area contributed by atoms with Crippen molar-refractivity contribution in [2.24, 2.45) is 11.3 Å². The lowest BCUT2D eigenvalue weighted by Gasteiger charge is -2.47. The number of hydrogen-bond donors (Lipinski definition) is 2. The molecule has 0 radical (unpaired) electrons. The van der Waals surface area contributed by atoms with Crippen molar-refractivity contribution >= 4 is 40.1 Å². The fourth-order valence-corrected chi connectivity index (χ4v) is 7.65. The van der Waals surface area contributed by atoms with Crippen molar-refractivity contribution in [2.45, 2.75) is 13.3 Å². The fraction of sp³-hybridized carbons (Fsp3) is 0.263. The molecule has 0 saturated carbocycles. The summed E-state index contributed by atoms with van der Waals surface area (Å²) in [5.41, 5.74) is 3.52. The smallest absolute Gasteiger partial charge is 0.261 e. The number of nitrogens with one attached hydrogen (secondary N) is 2. The van der Waals surface area contributed by atoms with Gasteiger partial charge in [0.25, 0.3) is 17.7 Å². The molecule has 8 rings (SSSR count). The Hall–Kier alpha value is -5.72. The molecule has 2 aromatic carbocycles. The molecule has 2 unspecified atom stereocenters. The van der Waals surface area contributed by atoms with Gasteiger partial charge in [0.05, 0.1) is 29.5 Å². The number of piperidine rings is 1. The van der Waals surface area contributed by atoms with Gasteiger partial charge < -0.3 is 19.8 Å². The topological polar surface area (TPSA) is 134 Å². The molecule has 2 N–H and O–H groups in total. The summed E-state index contributed by atoms with van der Waals surface area (Å²) in [5.74, 6) is -1.37. The van der Waals surface area contributed by atoms with Crippen molar-refractivity contribution < 1.29 is 19.2 Å². The van der Waals surface area contributed by atoms with Crippen LogP contribution in [0.3, 0.4) is 0 Å². The molecule has 2 aliphatic heterocycles. The molecular weight excluding hydrogens is 632 g/mol. The normalized spacial score (nSPS) is 21.1. The second-order valence-corrected chi connectivity index (χ2v) is 13.0. The van der Waals surface area contributed by atoms with Crippen LogP contribution in [0.5, 0.6) is 0 Å². The van der Waals surface area contributed by atoms with Gasteiger partial charge in [0.2, 0.25) is 5.91 Å². The summed E-state index contributed by atoms with van der Waals surface area (Å²) in [4.78, 5) is 65.2. The average Bonchev–Trinajstić information content (AvgIpc) is 3.87. The van der Waals surface area contributed by atoms with E-state index in [1.807, 2.05) is 77.0 Å². The van der Waals surface area contributed by atoms with Crippen LogP contribution in [0.2, 0.25) is 0 Å². The van der Waals surface area contributed by atoms with Crippen molar-refractivity contribution in [2.75, 3.05) is 39.3 Å². The van der Waals surface area contributed by atoms with E-state index in [0.29, 0.717) is 48.3 Å². The molecule has 4 heterocycles. The summed E-state index contributed by atoms with van der Waals surface area (Å²) in [6.07, 6.45) is 20.9. The molecule has 2 atom stereocenters. The third-order valence-corrected chi connectivity index (χ3v) is 10.1. The third-order valence-electron chi connectivity index (χ3n) is 10.1. The molecule has 50 heavy (non-hydrogen) atoms. The quantitative estimate of drug-likeness (QED) is 0.174. The molecule has 0 spiro atoms. The van der Waals surface area contributed by atoms with Crippen molar-refractivity contribution in [3.8, 4) is 5.69 Å². The molecule has 12 nitrogen and oxygen atoms in total. The SMILES string of the molecule is CC12C=CC=C3C(n4ccnc4)=CC=C(C(=O)N(CCNCCCNCCN4C(=O)c5cccc6c(-n7ccnc7)ccc(c56)C4=O)C1=O)C32. The summed E-state index contributed by atoms with van der Waals surface area (Å²) < 4.78 is 3.78. The van der Waals surface area contributed by atoms with Crippen LogP contribution in [0.4, 0.5) is 0 Å². The Balaban J connectivity index is 0.819. The number of rotatable bonds is 12. The van der Waals surface area contributed by atoms with Gasteiger partial charge in [-0.1, -0.05) is 36.4 Å². The number of aromatic nitrogens is 4. The number of nitrogens with zero attached hydrogens (tertiary/aromatic N) is 6. The van der Waals surface area contributed by atoms with Gasteiger partial charge in [-0.25, -0.2) is 9.97 Å².